The van der Waals surface area contributed by atoms with Crippen molar-refractivity contribution in [1.29, 1.82) is 0 Å². The topological polar surface area (TPSA) is 51.0 Å². The average molecular weight is 449 g/mol. The first kappa shape index (κ1) is 22.7. The Morgan fingerprint density at radius 1 is 0.906 bits per heavy atom. The maximum Gasteiger partial charge on any atom is 0.192 e. The SMILES string of the molecule is Cc1cc(C)c(C(=O)CSc2nnc(CN3CCCCC3)n2Cc2ccccc2)cc1C. The van der Waals surface area contributed by atoms with Crippen molar-refractivity contribution in [1.82, 2.24) is 19.7 Å². The number of carbonyl (C=O) groups excluding carboxylic acids is 1. The fraction of sp³-hybridized carbons (Fsp3) is 0.423. The predicted molar refractivity (Wildman–Crippen MR) is 130 cm³/mol. The summed E-state index contributed by atoms with van der Waals surface area (Å²) in [7, 11) is 0. The van der Waals surface area contributed by atoms with Crippen LogP contribution in [-0.4, -0.2) is 44.3 Å². The fourth-order valence-electron chi connectivity index (χ4n) is 4.25. The molecule has 1 saturated heterocycles. The Kier molecular flexibility index (Phi) is 7.43. The molecule has 1 aliphatic rings. The van der Waals surface area contributed by atoms with Crippen molar-refractivity contribution in [2.75, 3.05) is 18.8 Å². The third-order valence-corrected chi connectivity index (χ3v) is 7.23. The molecule has 6 heteroatoms. The van der Waals surface area contributed by atoms with Gasteiger partial charge in [0, 0.05) is 5.56 Å². The van der Waals surface area contributed by atoms with Crippen LogP contribution in [0.3, 0.4) is 0 Å². The number of likely N-dealkylation sites (tertiary alicyclic amines) is 1. The molecular formula is C26H32N4OS. The van der Waals surface area contributed by atoms with Gasteiger partial charge in [0.25, 0.3) is 0 Å². The van der Waals surface area contributed by atoms with E-state index in [0.29, 0.717) is 5.75 Å². The lowest BCUT2D eigenvalue weighted by Gasteiger charge is -2.26. The Morgan fingerprint density at radius 3 is 2.38 bits per heavy atom. The quantitative estimate of drug-likeness (QED) is 0.350. The lowest BCUT2D eigenvalue weighted by atomic mass is 9.99. The molecule has 168 valence electrons. The second kappa shape index (κ2) is 10.5. The molecule has 2 aromatic carbocycles. The number of carbonyl (C=O) groups is 1. The van der Waals surface area contributed by atoms with Crippen molar-refractivity contribution in [3.8, 4) is 0 Å². The second-order valence-electron chi connectivity index (χ2n) is 8.77. The molecule has 4 rings (SSSR count). The zero-order valence-electron chi connectivity index (χ0n) is 19.3. The molecule has 0 aliphatic carbocycles. The third kappa shape index (κ3) is 5.48. The van der Waals surface area contributed by atoms with Gasteiger partial charge in [-0.3, -0.25) is 9.69 Å². The highest BCUT2D eigenvalue weighted by Crippen LogP contribution is 2.23. The van der Waals surface area contributed by atoms with Crippen LogP contribution in [-0.2, 0) is 13.1 Å². The minimum Gasteiger partial charge on any atom is -0.300 e. The van der Waals surface area contributed by atoms with Crippen LogP contribution in [0.4, 0.5) is 0 Å². The highest BCUT2D eigenvalue weighted by molar-refractivity contribution is 7.99. The van der Waals surface area contributed by atoms with E-state index in [1.54, 1.807) is 0 Å². The van der Waals surface area contributed by atoms with Gasteiger partial charge in [-0.1, -0.05) is 54.6 Å². The first-order valence-corrected chi connectivity index (χ1v) is 12.4. The van der Waals surface area contributed by atoms with E-state index in [-0.39, 0.29) is 5.78 Å². The zero-order valence-corrected chi connectivity index (χ0v) is 20.1. The minimum atomic E-state index is 0.141. The summed E-state index contributed by atoms with van der Waals surface area (Å²) < 4.78 is 2.19. The summed E-state index contributed by atoms with van der Waals surface area (Å²) in [6, 6.07) is 14.5. The number of aryl methyl sites for hydroxylation is 3. The van der Waals surface area contributed by atoms with Gasteiger partial charge in [0.2, 0.25) is 0 Å². The van der Waals surface area contributed by atoms with Crippen molar-refractivity contribution in [2.24, 2.45) is 0 Å². The highest BCUT2D eigenvalue weighted by atomic mass is 32.2. The molecule has 1 aromatic heterocycles. The number of piperidine rings is 1. The predicted octanol–water partition coefficient (Wildman–Crippen LogP) is 5.21. The minimum absolute atomic E-state index is 0.141. The van der Waals surface area contributed by atoms with Crippen molar-refractivity contribution in [3.05, 3.63) is 76.1 Å². The molecule has 0 radical (unpaired) electrons. The number of thioether (sulfide) groups is 1. The number of hydrogen-bond donors (Lipinski definition) is 0. The van der Waals surface area contributed by atoms with Crippen LogP contribution in [0, 0.1) is 20.8 Å². The van der Waals surface area contributed by atoms with E-state index < -0.39 is 0 Å². The largest absolute Gasteiger partial charge is 0.300 e. The van der Waals surface area contributed by atoms with Gasteiger partial charge < -0.3 is 4.57 Å². The first-order valence-electron chi connectivity index (χ1n) is 11.4. The highest BCUT2D eigenvalue weighted by Gasteiger charge is 2.19. The molecule has 0 N–H and O–H groups in total. The van der Waals surface area contributed by atoms with Crippen LogP contribution in [0.15, 0.2) is 47.6 Å². The number of rotatable bonds is 8. The van der Waals surface area contributed by atoms with Gasteiger partial charge in [0.1, 0.15) is 5.82 Å². The van der Waals surface area contributed by atoms with Crippen LogP contribution in [0.5, 0.6) is 0 Å². The number of ketones is 1. The summed E-state index contributed by atoms with van der Waals surface area (Å²) in [5.41, 5.74) is 5.43. The van der Waals surface area contributed by atoms with Crippen LogP contribution in [0.1, 0.15) is 57.7 Å². The lowest BCUT2D eigenvalue weighted by Crippen LogP contribution is -2.30. The number of Topliss-reactive ketones (excluding diaryl/α,β-unsaturated/α-hetero) is 1. The van der Waals surface area contributed by atoms with Crippen LogP contribution in [0.2, 0.25) is 0 Å². The third-order valence-electron chi connectivity index (χ3n) is 6.26. The molecule has 0 amide bonds. The molecule has 0 unspecified atom stereocenters. The summed E-state index contributed by atoms with van der Waals surface area (Å²) in [5, 5.41) is 9.85. The molecular weight excluding hydrogens is 416 g/mol. The maximum absolute atomic E-state index is 13.0. The van der Waals surface area contributed by atoms with Crippen molar-refractivity contribution in [3.63, 3.8) is 0 Å². The van der Waals surface area contributed by atoms with Gasteiger partial charge in [0.05, 0.1) is 18.8 Å². The number of hydrogen-bond acceptors (Lipinski definition) is 5. The van der Waals surface area contributed by atoms with Crippen LogP contribution in [0.25, 0.3) is 0 Å². The normalized spacial score (nSPS) is 14.6. The average Bonchev–Trinajstić information content (AvgIpc) is 3.17. The number of aromatic nitrogens is 3. The van der Waals surface area contributed by atoms with Gasteiger partial charge in [-0.05, 0) is 75.0 Å². The first-order chi connectivity index (χ1) is 15.5. The molecule has 0 spiro atoms. The van der Waals surface area contributed by atoms with Crippen LogP contribution < -0.4 is 0 Å². The van der Waals surface area contributed by atoms with E-state index in [2.05, 4.69) is 63.8 Å². The van der Waals surface area contributed by atoms with E-state index >= 15 is 0 Å². The summed E-state index contributed by atoms with van der Waals surface area (Å²) in [4.78, 5) is 15.5. The molecule has 1 fully saturated rings. The van der Waals surface area contributed by atoms with E-state index in [0.717, 1.165) is 53.9 Å². The molecule has 0 atom stereocenters. The molecule has 5 nitrogen and oxygen atoms in total. The number of benzene rings is 2. The zero-order chi connectivity index (χ0) is 22.5. The molecule has 0 bridgehead atoms. The summed E-state index contributed by atoms with van der Waals surface area (Å²) in [6.45, 7) is 9.92. The van der Waals surface area contributed by atoms with Crippen LogP contribution >= 0.6 is 11.8 Å². The maximum atomic E-state index is 13.0. The Morgan fingerprint density at radius 2 is 1.62 bits per heavy atom. The Labute approximate surface area is 195 Å². The lowest BCUT2D eigenvalue weighted by molar-refractivity contribution is 0.102. The van der Waals surface area contributed by atoms with E-state index in [1.165, 1.54) is 42.2 Å². The molecule has 2 heterocycles. The second-order valence-corrected chi connectivity index (χ2v) is 9.71. The van der Waals surface area contributed by atoms with E-state index in [1.807, 2.05) is 19.1 Å². The summed E-state index contributed by atoms with van der Waals surface area (Å²) in [6.07, 6.45) is 3.81. The monoisotopic (exact) mass is 448 g/mol. The van der Waals surface area contributed by atoms with E-state index in [4.69, 9.17) is 0 Å². The molecule has 3 aromatic rings. The summed E-state index contributed by atoms with van der Waals surface area (Å²) >= 11 is 1.49. The molecule has 32 heavy (non-hydrogen) atoms. The summed E-state index contributed by atoms with van der Waals surface area (Å²) in [5.74, 6) is 1.48. The fourth-order valence-corrected chi connectivity index (χ4v) is 5.09. The van der Waals surface area contributed by atoms with Gasteiger partial charge in [0.15, 0.2) is 10.9 Å². The van der Waals surface area contributed by atoms with Crippen molar-refractivity contribution in [2.45, 2.75) is 58.3 Å². The standard InChI is InChI=1S/C26H32N4OS/c1-19-14-21(3)23(15-20(19)2)24(31)18-32-26-28-27-25(17-29-12-8-5-9-13-29)30(26)16-22-10-6-4-7-11-22/h4,6-7,10-11,14-15H,5,8-9,12-13,16-18H2,1-3H3. The van der Waals surface area contributed by atoms with Gasteiger partial charge in [-0.15, -0.1) is 10.2 Å². The Balaban J connectivity index is 1.53. The van der Waals surface area contributed by atoms with Gasteiger partial charge in [-0.2, -0.15) is 0 Å². The van der Waals surface area contributed by atoms with Crippen molar-refractivity contribution >= 4 is 17.5 Å². The Bertz CT molecular complexity index is 1070. The molecule has 1 aliphatic heterocycles. The van der Waals surface area contributed by atoms with Crippen molar-refractivity contribution < 1.29 is 4.79 Å². The van der Waals surface area contributed by atoms with E-state index in [9.17, 15) is 4.79 Å². The Hall–Kier alpha value is -2.44. The smallest absolute Gasteiger partial charge is 0.192 e. The van der Waals surface area contributed by atoms with Gasteiger partial charge >= 0.3 is 0 Å². The van der Waals surface area contributed by atoms with Gasteiger partial charge in [-0.25, -0.2) is 0 Å². The molecule has 0 saturated carbocycles. The number of nitrogens with zero attached hydrogens (tertiary/aromatic N) is 4.